The van der Waals surface area contributed by atoms with Gasteiger partial charge in [-0.05, 0) is 14.0 Å². The minimum absolute atomic E-state index is 0.384. The largest absolute Gasteiger partial charge is 0.403 e. The number of methoxy groups -OCH3 is 1. The molecule has 0 amide bonds. The van der Waals surface area contributed by atoms with Crippen LogP contribution in [0.15, 0.2) is 4.99 Å². The number of alkyl halides is 3. The summed E-state index contributed by atoms with van der Waals surface area (Å²) in [5.41, 5.74) is 0. The fraction of sp³-hybridized carbons (Fsp3) is 0.933. The Morgan fingerprint density at radius 1 is 1.25 bits per heavy atom. The second kappa shape index (κ2) is 10.0. The lowest BCUT2D eigenvalue weighted by Gasteiger charge is -2.39. The van der Waals surface area contributed by atoms with E-state index in [1.54, 1.807) is 14.2 Å². The first-order chi connectivity index (χ1) is 11.3. The maximum absolute atomic E-state index is 12.8. The van der Waals surface area contributed by atoms with E-state index in [1.807, 2.05) is 11.9 Å². The molecule has 1 fully saturated rings. The zero-order chi connectivity index (χ0) is 18.2. The molecule has 0 aliphatic carbocycles. The molecule has 24 heavy (non-hydrogen) atoms. The van der Waals surface area contributed by atoms with Gasteiger partial charge in [0.2, 0.25) is 0 Å². The molecule has 1 aliphatic heterocycles. The molecule has 1 unspecified atom stereocenters. The van der Waals surface area contributed by atoms with Crippen LogP contribution in [0.3, 0.4) is 0 Å². The highest BCUT2D eigenvalue weighted by Crippen LogP contribution is 2.25. The van der Waals surface area contributed by atoms with Gasteiger partial charge in [-0.15, -0.1) is 0 Å². The molecule has 142 valence electrons. The van der Waals surface area contributed by atoms with Gasteiger partial charge in [0.25, 0.3) is 0 Å². The number of nitrogens with one attached hydrogen (secondary N) is 1. The SMILES string of the molecule is CN=C(NCCN(C)CCOC)N1CCN(C(C)C(F)(F)F)CC1. The Balaban J connectivity index is 2.36. The van der Waals surface area contributed by atoms with Crippen molar-refractivity contribution in [2.45, 2.75) is 19.1 Å². The third kappa shape index (κ3) is 6.82. The molecule has 1 N–H and O–H groups in total. The lowest BCUT2D eigenvalue weighted by Crippen LogP contribution is -2.57. The quantitative estimate of drug-likeness (QED) is 0.539. The van der Waals surface area contributed by atoms with E-state index in [9.17, 15) is 13.2 Å². The first-order valence-corrected chi connectivity index (χ1v) is 8.23. The summed E-state index contributed by atoms with van der Waals surface area (Å²) in [5, 5.41) is 3.27. The van der Waals surface area contributed by atoms with Gasteiger partial charge < -0.3 is 19.9 Å². The van der Waals surface area contributed by atoms with Crippen molar-refractivity contribution in [2.75, 3.05) is 73.6 Å². The van der Waals surface area contributed by atoms with Crippen LogP contribution in [-0.2, 0) is 4.74 Å². The maximum Gasteiger partial charge on any atom is 0.403 e. The summed E-state index contributed by atoms with van der Waals surface area (Å²) in [4.78, 5) is 9.87. The van der Waals surface area contributed by atoms with E-state index < -0.39 is 12.2 Å². The van der Waals surface area contributed by atoms with Gasteiger partial charge in [-0.3, -0.25) is 9.89 Å². The van der Waals surface area contributed by atoms with Crippen LogP contribution in [0.2, 0.25) is 0 Å². The molecule has 1 atom stereocenters. The fourth-order valence-corrected chi connectivity index (χ4v) is 2.58. The van der Waals surface area contributed by atoms with E-state index in [0.717, 1.165) is 25.6 Å². The number of likely N-dealkylation sites (N-methyl/N-ethyl adjacent to an activating group) is 1. The number of nitrogens with zero attached hydrogens (tertiary/aromatic N) is 4. The maximum atomic E-state index is 12.8. The van der Waals surface area contributed by atoms with Gasteiger partial charge in [-0.25, -0.2) is 0 Å². The number of aliphatic imine (C=N–C) groups is 1. The van der Waals surface area contributed by atoms with Gasteiger partial charge in [0.05, 0.1) is 6.61 Å². The van der Waals surface area contributed by atoms with Crippen molar-refractivity contribution >= 4 is 5.96 Å². The summed E-state index contributed by atoms with van der Waals surface area (Å²) in [5.74, 6) is 0.745. The lowest BCUT2D eigenvalue weighted by atomic mass is 10.2. The van der Waals surface area contributed by atoms with Gasteiger partial charge in [0.1, 0.15) is 6.04 Å². The Morgan fingerprint density at radius 2 is 1.88 bits per heavy atom. The second-order valence-electron chi connectivity index (χ2n) is 6.01. The Morgan fingerprint density at radius 3 is 2.38 bits per heavy atom. The molecule has 0 aromatic rings. The smallest absolute Gasteiger partial charge is 0.383 e. The number of piperazine rings is 1. The van der Waals surface area contributed by atoms with Gasteiger partial charge in [-0.2, -0.15) is 13.2 Å². The number of hydrogen-bond acceptors (Lipinski definition) is 4. The van der Waals surface area contributed by atoms with Crippen molar-refractivity contribution < 1.29 is 17.9 Å². The molecule has 0 aromatic carbocycles. The second-order valence-corrected chi connectivity index (χ2v) is 6.01. The van der Waals surface area contributed by atoms with Crippen LogP contribution in [0.25, 0.3) is 0 Å². The van der Waals surface area contributed by atoms with E-state index in [1.165, 1.54) is 11.8 Å². The molecule has 0 spiro atoms. The summed E-state index contributed by atoms with van der Waals surface area (Å²) < 4.78 is 43.4. The first kappa shape index (κ1) is 21.0. The predicted molar refractivity (Wildman–Crippen MR) is 89.4 cm³/mol. The molecule has 0 bridgehead atoms. The molecule has 1 rings (SSSR count). The van der Waals surface area contributed by atoms with Crippen molar-refractivity contribution in [3.05, 3.63) is 0 Å². The lowest BCUT2D eigenvalue weighted by molar-refractivity contribution is -0.181. The first-order valence-electron chi connectivity index (χ1n) is 8.23. The van der Waals surface area contributed by atoms with Crippen LogP contribution in [-0.4, -0.2) is 107 Å². The molecule has 0 aromatic heterocycles. The molecular formula is C15H30F3N5O. The summed E-state index contributed by atoms with van der Waals surface area (Å²) >= 11 is 0. The van der Waals surface area contributed by atoms with Crippen molar-refractivity contribution in [3.8, 4) is 0 Å². The van der Waals surface area contributed by atoms with Crippen molar-refractivity contribution in [3.63, 3.8) is 0 Å². The van der Waals surface area contributed by atoms with Gasteiger partial charge >= 0.3 is 6.18 Å². The third-order valence-electron chi connectivity index (χ3n) is 4.30. The number of ether oxygens (including phenoxy) is 1. The number of hydrogen-bond donors (Lipinski definition) is 1. The predicted octanol–water partition coefficient (Wildman–Crippen LogP) is 0.708. The number of guanidine groups is 1. The Kier molecular flexibility index (Phi) is 8.79. The average molecular weight is 353 g/mol. The van der Waals surface area contributed by atoms with Crippen molar-refractivity contribution in [2.24, 2.45) is 4.99 Å². The average Bonchev–Trinajstić information content (AvgIpc) is 2.55. The molecular weight excluding hydrogens is 323 g/mol. The topological polar surface area (TPSA) is 43.3 Å². The van der Waals surface area contributed by atoms with Crippen LogP contribution in [0.4, 0.5) is 13.2 Å². The monoisotopic (exact) mass is 353 g/mol. The van der Waals surface area contributed by atoms with Crippen LogP contribution in [0.5, 0.6) is 0 Å². The molecule has 9 heteroatoms. The van der Waals surface area contributed by atoms with E-state index in [2.05, 4.69) is 15.2 Å². The standard InChI is InChI=1S/C15H30F3N5O/c1-13(15(16,17)18)22-7-9-23(10-8-22)14(19-2)20-5-6-21(3)11-12-24-4/h13H,5-12H2,1-4H3,(H,19,20). The Hall–Kier alpha value is -1.06. The minimum atomic E-state index is -4.17. The minimum Gasteiger partial charge on any atom is -0.383 e. The van der Waals surface area contributed by atoms with E-state index in [4.69, 9.17) is 4.74 Å². The number of halogens is 3. The van der Waals surface area contributed by atoms with Crippen LogP contribution in [0.1, 0.15) is 6.92 Å². The summed E-state index contributed by atoms with van der Waals surface area (Å²) in [6, 6.07) is -1.40. The van der Waals surface area contributed by atoms with Crippen molar-refractivity contribution in [1.82, 2.24) is 20.0 Å². The molecule has 0 radical (unpaired) electrons. The fourth-order valence-electron chi connectivity index (χ4n) is 2.58. The summed E-state index contributed by atoms with van der Waals surface area (Å²) in [7, 11) is 5.38. The summed E-state index contributed by atoms with van der Waals surface area (Å²) in [6.07, 6.45) is -4.17. The number of rotatable bonds is 7. The zero-order valence-corrected chi connectivity index (χ0v) is 15.1. The third-order valence-corrected chi connectivity index (χ3v) is 4.30. The van der Waals surface area contributed by atoms with Crippen LogP contribution in [0, 0.1) is 0 Å². The highest BCUT2D eigenvalue weighted by atomic mass is 19.4. The van der Waals surface area contributed by atoms with Crippen molar-refractivity contribution in [1.29, 1.82) is 0 Å². The van der Waals surface area contributed by atoms with E-state index in [-0.39, 0.29) is 0 Å². The molecule has 6 nitrogen and oxygen atoms in total. The highest BCUT2D eigenvalue weighted by molar-refractivity contribution is 5.80. The van der Waals surface area contributed by atoms with Gasteiger partial charge in [0.15, 0.2) is 5.96 Å². The van der Waals surface area contributed by atoms with E-state index >= 15 is 0 Å². The van der Waals surface area contributed by atoms with E-state index in [0.29, 0.717) is 32.8 Å². The van der Waals surface area contributed by atoms with Crippen LogP contribution < -0.4 is 5.32 Å². The normalized spacial score (nSPS) is 19.0. The molecule has 1 aliphatic rings. The molecule has 0 saturated carbocycles. The van der Waals surface area contributed by atoms with Gasteiger partial charge in [0, 0.05) is 60.0 Å². The molecule has 1 saturated heterocycles. The van der Waals surface area contributed by atoms with Gasteiger partial charge in [-0.1, -0.05) is 0 Å². The molecule has 1 heterocycles. The van der Waals surface area contributed by atoms with Crippen LogP contribution >= 0.6 is 0 Å². The summed E-state index contributed by atoms with van der Waals surface area (Å²) in [6.45, 7) is 6.18. The Labute approximate surface area is 142 Å². The Bertz CT molecular complexity index is 384. The highest BCUT2D eigenvalue weighted by Gasteiger charge is 2.41. The zero-order valence-electron chi connectivity index (χ0n) is 15.1.